The minimum atomic E-state index is 0.659. The molecule has 1 saturated heterocycles. The number of ether oxygens (including phenoxy) is 1. The molecule has 1 aliphatic heterocycles. The van der Waals surface area contributed by atoms with Gasteiger partial charge in [-0.1, -0.05) is 13.8 Å². The van der Waals surface area contributed by atoms with Crippen molar-refractivity contribution in [1.82, 2.24) is 4.90 Å². The maximum atomic E-state index is 5.79. The van der Waals surface area contributed by atoms with E-state index in [4.69, 9.17) is 10.5 Å². The van der Waals surface area contributed by atoms with E-state index in [0.717, 1.165) is 36.4 Å². The van der Waals surface area contributed by atoms with Crippen molar-refractivity contribution < 1.29 is 4.74 Å². The van der Waals surface area contributed by atoms with Crippen molar-refractivity contribution in [3.63, 3.8) is 0 Å². The van der Waals surface area contributed by atoms with Gasteiger partial charge >= 0.3 is 0 Å². The van der Waals surface area contributed by atoms with Crippen LogP contribution in [0.15, 0.2) is 24.3 Å². The smallest absolute Gasteiger partial charge is 0.119 e. The highest BCUT2D eigenvalue weighted by Gasteiger charge is 2.28. The van der Waals surface area contributed by atoms with Crippen LogP contribution in [0.25, 0.3) is 0 Å². The molecule has 19 heavy (non-hydrogen) atoms. The van der Waals surface area contributed by atoms with Crippen LogP contribution >= 0.6 is 0 Å². The Kier molecular flexibility index (Phi) is 4.70. The Morgan fingerprint density at radius 3 is 2.58 bits per heavy atom. The number of anilines is 1. The molecule has 2 N–H and O–H groups in total. The van der Waals surface area contributed by atoms with Crippen molar-refractivity contribution in [1.29, 1.82) is 0 Å². The number of hydrogen-bond acceptors (Lipinski definition) is 3. The average Bonchev–Trinajstić information content (AvgIpc) is 2.37. The van der Waals surface area contributed by atoms with Crippen molar-refractivity contribution in [2.45, 2.75) is 33.2 Å². The topological polar surface area (TPSA) is 38.5 Å². The maximum Gasteiger partial charge on any atom is 0.119 e. The maximum absolute atomic E-state index is 5.79. The molecule has 1 heterocycles. The van der Waals surface area contributed by atoms with Gasteiger partial charge in [-0.25, -0.2) is 0 Å². The largest absolute Gasteiger partial charge is 0.492 e. The van der Waals surface area contributed by atoms with Crippen LogP contribution in [-0.2, 0) is 0 Å². The summed E-state index contributed by atoms with van der Waals surface area (Å²) in [5.74, 6) is 2.47. The van der Waals surface area contributed by atoms with Crippen LogP contribution < -0.4 is 10.5 Å². The van der Waals surface area contributed by atoms with Gasteiger partial charge in [0.2, 0.25) is 0 Å². The molecule has 3 unspecified atom stereocenters. The molecule has 1 aromatic rings. The van der Waals surface area contributed by atoms with Gasteiger partial charge in [0.05, 0.1) is 0 Å². The highest BCUT2D eigenvalue weighted by molar-refractivity contribution is 5.41. The van der Waals surface area contributed by atoms with Crippen LogP contribution in [0.2, 0.25) is 0 Å². The minimum Gasteiger partial charge on any atom is -0.492 e. The molecular weight excluding hydrogens is 236 g/mol. The van der Waals surface area contributed by atoms with E-state index in [0.29, 0.717) is 6.04 Å². The zero-order valence-electron chi connectivity index (χ0n) is 12.3. The van der Waals surface area contributed by atoms with Crippen molar-refractivity contribution in [2.24, 2.45) is 11.8 Å². The second-order valence-electron chi connectivity index (χ2n) is 5.97. The quantitative estimate of drug-likeness (QED) is 0.848. The standard InChI is InChI=1S/C16H26N2O/c1-12-10-13(2)14(3)18(11-12)8-9-19-16-6-4-15(17)5-7-16/h4-7,12-14H,8-11,17H2,1-3H3. The molecule has 1 aromatic carbocycles. The molecule has 0 aliphatic carbocycles. The monoisotopic (exact) mass is 262 g/mol. The SMILES string of the molecule is CC1CC(C)C(C)N(CCOc2ccc(N)cc2)C1. The minimum absolute atomic E-state index is 0.659. The second-order valence-corrected chi connectivity index (χ2v) is 5.97. The van der Waals surface area contributed by atoms with Gasteiger partial charge in [0, 0.05) is 24.8 Å². The molecule has 0 spiro atoms. The van der Waals surface area contributed by atoms with E-state index in [-0.39, 0.29) is 0 Å². The summed E-state index contributed by atoms with van der Waals surface area (Å²) in [6, 6.07) is 8.28. The highest BCUT2D eigenvalue weighted by atomic mass is 16.5. The average molecular weight is 262 g/mol. The molecule has 2 rings (SSSR count). The molecule has 0 radical (unpaired) electrons. The lowest BCUT2D eigenvalue weighted by Crippen LogP contribution is -2.47. The van der Waals surface area contributed by atoms with Gasteiger partial charge in [0.1, 0.15) is 12.4 Å². The first kappa shape index (κ1) is 14.2. The van der Waals surface area contributed by atoms with Gasteiger partial charge in [0.25, 0.3) is 0 Å². The summed E-state index contributed by atoms with van der Waals surface area (Å²) in [6.07, 6.45) is 1.34. The number of benzene rings is 1. The Morgan fingerprint density at radius 2 is 1.89 bits per heavy atom. The van der Waals surface area contributed by atoms with Crippen LogP contribution in [-0.4, -0.2) is 30.6 Å². The lowest BCUT2D eigenvalue weighted by molar-refractivity contribution is 0.0665. The summed E-state index contributed by atoms with van der Waals surface area (Å²) in [4.78, 5) is 2.55. The summed E-state index contributed by atoms with van der Waals surface area (Å²) in [7, 11) is 0. The van der Waals surface area contributed by atoms with E-state index < -0.39 is 0 Å². The second kappa shape index (κ2) is 6.29. The molecular formula is C16H26N2O. The Hall–Kier alpha value is -1.22. The highest BCUT2D eigenvalue weighted by Crippen LogP contribution is 2.26. The van der Waals surface area contributed by atoms with E-state index in [1.807, 2.05) is 24.3 Å². The summed E-state index contributed by atoms with van der Waals surface area (Å²) in [6.45, 7) is 9.97. The van der Waals surface area contributed by atoms with Crippen LogP contribution in [0.5, 0.6) is 5.75 Å². The number of nitrogens with two attached hydrogens (primary N) is 1. The van der Waals surface area contributed by atoms with Crippen molar-refractivity contribution in [2.75, 3.05) is 25.4 Å². The third-order valence-electron chi connectivity index (χ3n) is 4.25. The van der Waals surface area contributed by atoms with Gasteiger partial charge in [0.15, 0.2) is 0 Å². The Morgan fingerprint density at radius 1 is 1.21 bits per heavy atom. The Labute approximate surface area is 116 Å². The molecule has 106 valence electrons. The van der Waals surface area contributed by atoms with Gasteiger partial charge in [-0.05, 0) is 49.4 Å². The summed E-state index contributed by atoms with van der Waals surface area (Å²) < 4.78 is 5.79. The third kappa shape index (κ3) is 3.87. The van der Waals surface area contributed by atoms with Gasteiger partial charge in [-0.15, -0.1) is 0 Å². The van der Waals surface area contributed by atoms with Gasteiger partial charge < -0.3 is 10.5 Å². The van der Waals surface area contributed by atoms with Crippen LogP contribution in [0.1, 0.15) is 27.2 Å². The number of nitrogen functional groups attached to an aromatic ring is 1. The number of nitrogens with zero attached hydrogens (tertiary/aromatic N) is 1. The summed E-state index contributed by atoms with van der Waals surface area (Å²) in [5, 5.41) is 0. The lowest BCUT2D eigenvalue weighted by atomic mass is 9.86. The Balaban J connectivity index is 1.80. The Bertz CT molecular complexity index is 390. The number of hydrogen-bond donors (Lipinski definition) is 1. The van der Waals surface area contributed by atoms with Crippen LogP contribution in [0.4, 0.5) is 5.69 Å². The van der Waals surface area contributed by atoms with Gasteiger partial charge in [-0.3, -0.25) is 4.90 Å². The van der Waals surface area contributed by atoms with E-state index in [1.54, 1.807) is 0 Å². The van der Waals surface area contributed by atoms with Crippen LogP contribution in [0, 0.1) is 11.8 Å². The first-order chi connectivity index (χ1) is 9.06. The van der Waals surface area contributed by atoms with Crippen molar-refractivity contribution >= 4 is 5.69 Å². The predicted octanol–water partition coefficient (Wildman–Crippen LogP) is 3.01. The number of piperidine rings is 1. The normalized spacial score (nSPS) is 28.3. The van der Waals surface area contributed by atoms with E-state index in [9.17, 15) is 0 Å². The fraction of sp³-hybridized carbons (Fsp3) is 0.625. The first-order valence-electron chi connectivity index (χ1n) is 7.28. The molecule has 1 aliphatic rings. The van der Waals surface area contributed by atoms with Crippen molar-refractivity contribution in [3.05, 3.63) is 24.3 Å². The number of rotatable bonds is 4. The molecule has 0 saturated carbocycles. The van der Waals surface area contributed by atoms with Gasteiger partial charge in [-0.2, -0.15) is 0 Å². The molecule has 3 heteroatoms. The fourth-order valence-corrected chi connectivity index (χ4v) is 2.97. The number of likely N-dealkylation sites (tertiary alicyclic amines) is 1. The molecule has 1 fully saturated rings. The zero-order valence-corrected chi connectivity index (χ0v) is 12.3. The van der Waals surface area contributed by atoms with Crippen molar-refractivity contribution in [3.8, 4) is 5.75 Å². The molecule has 0 aromatic heterocycles. The third-order valence-corrected chi connectivity index (χ3v) is 4.25. The van der Waals surface area contributed by atoms with E-state index in [2.05, 4.69) is 25.7 Å². The zero-order chi connectivity index (χ0) is 13.8. The molecule has 3 atom stereocenters. The lowest BCUT2D eigenvalue weighted by Gasteiger charge is -2.41. The predicted molar refractivity (Wildman–Crippen MR) is 80.3 cm³/mol. The molecule has 0 amide bonds. The first-order valence-corrected chi connectivity index (χ1v) is 7.28. The fourth-order valence-electron chi connectivity index (χ4n) is 2.97. The van der Waals surface area contributed by atoms with E-state index in [1.165, 1.54) is 13.0 Å². The van der Waals surface area contributed by atoms with Crippen LogP contribution in [0.3, 0.4) is 0 Å². The molecule has 0 bridgehead atoms. The van der Waals surface area contributed by atoms with E-state index >= 15 is 0 Å². The summed E-state index contributed by atoms with van der Waals surface area (Å²) in [5.41, 5.74) is 6.43. The summed E-state index contributed by atoms with van der Waals surface area (Å²) >= 11 is 0. The molecule has 3 nitrogen and oxygen atoms in total.